The second-order valence-corrected chi connectivity index (χ2v) is 5.83. The Morgan fingerprint density at radius 2 is 1.96 bits per heavy atom. The number of hydrogen-bond donors (Lipinski definition) is 1. The highest BCUT2D eigenvalue weighted by Gasteiger charge is 2.05. The lowest BCUT2D eigenvalue weighted by Crippen LogP contribution is -2.28. The second kappa shape index (κ2) is 9.20. The van der Waals surface area contributed by atoms with Crippen molar-refractivity contribution < 1.29 is 14.3 Å². The maximum absolute atomic E-state index is 11.8. The maximum Gasteiger partial charge on any atom is 0.220 e. The van der Waals surface area contributed by atoms with Crippen LogP contribution in [0.4, 0.5) is 0 Å². The summed E-state index contributed by atoms with van der Waals surface area (Å²) in [6.45, 7) is 0.962. The molecular weight excluding hydrogens is 358 g/mol. The van der Waals surface area contributed by atoms with Gasteiger partial charge in [0.05, 0.1) is 18.1 Å². The Kier molecular flexibility index (Phi) is 6.94. The van der Waals surface area contributed by atoms with E-state index < -0.39 is 0 Å². The minimum absolute atomic E-state index is 0.0219. The molecule has 0 aliphatic carbocycles. The first kappa shape index (κ1) is 17.3. The smallest absolute Gasteiger partial charge is 0.220 e. The monoisotopic (exact) mass is 377 g/mol. The van der Waals surface area contributed by atoms with Crippen molar-refractivity contribution in [3.8, 4) is 11.5 Å². The van der Waals surface area contributed by atoms with Gasteiger partial charge >= 0.3 is 0 Å². The summed E-state index contributed by atoms with van der Waals surface area (Å²) >= 11 is 3.45. The molecule has 1 N–H and O–H groups in total. The summed E-state index contributed by atoms with van der Waals surface area (Å²) in [5, 5.41) is 2.86. The van der Waals surface area contributed by atoms with E-state index in [9.17, 15) is 4.79 Å². The number of ether oxygens (including phenoxy) is 2. The summed E-state index contributed by atoms with van der Waals surface area (Å²) in [6, 6.07) is 15.4. The van der Waals surface area contributed by atoms with Crippen LogP contribution in [0.1, 0.15) is 12.0 Å². The van der Waals surface area contributed by atoms with Crippen LogP contribution < -0.4 is 14.8 Å². The molecule has 0 saturated heterocycles. The highest BCUT2D eigenvalue weighted by molar-refractivity contribution is 9.10. The van der Waals surface area contributed by atoms with Crippen LogP contribution in [0.25, 0.3) is 0 Å². The molecular formula is C18H20BrNO3. The van der Waals surface area contributed by atoms with Gasteiger partial charge in [0, 0.05) is 6.42 Å². The molecule has 1 amide bonds. The molecule has 0 atom stereocenters. The molecule has 0 aromatic heterocycles. The van der Waals surface area contributed by atoms with Gasteiger partial charge in [0.25, 0.3) is 0 Å². The molecule has 0 radical (unpaired) electrons. The molecule has 0 spiro atoms. The largest absolute Gasteiger partial charge is 0.496 e. The molecule has 0 fully saturated rings. The normalized spacial score (nSPS) is 10.2. The van der Waals surface area contributed by atoms with E-state index in [0.29, 0.717) is 26.0 Å². The van der Waals surface area contributed by atoms with Crippen molar-refractivity contribution in [2.24, 2.45) is 0 Å². The van der Waals surface area contributed by atoms with E-state index in [4.69, 9.17) is 9.47 Å². The molecule has 122 valence electrons. The van der Waals surface area contributed by atoms with Gasteiger partial charge in [-0.15, -0.1) is 0 Å². The minimum atomic E-state index is 0.0219. The van der Waals surface area contributed by atoms with E-state index in [-0.39, 0.29) is 5.91 Å². The Balaban J connectivity index is 1.66. The Labute approximate surface area is 144 Å². The van der Waals surface area contributed by atoms with Crippen molar-refractivity contribution in [3.05, 3.63) is 58.6 Å². The molecule has 0 heterocycles. The van der Waals surface area contributed by atoms with E-state index in [1.807, 2.05) is 48.5 Å². The first-order valence-electron chi connectivity index (χ1n) is 7.46. The topological polar surface area (TPSA) is 47.6 Å². The molecule has 23 heavy (non-hydrogen) atoms. The lowest BCUT2D eigenvalue weighted by atomic mass is 10.1. The van der Waals surface area contributed by atoms with Gasteiger partial charge in [-0.3, -0.25) is 4.79 Å². The fraction of sp³-hybridized carbons (Fsp3) is 0.278. The van der Waals surface area contributed by atoms with E-state index in [1.165, 1.54) is 0 Å². The summed E-state index contributed by atoms with van der Waals surface area (Å²) in [4.78, 5) is 11.8. The van der Waals surface area contributed by atoms with Crippen molar-refractivity contribution in [3.63, 3.8) is 0 Å². The first-order valence-corrected chi connectivity index (χ1v) is 8.25. The zero-order valence-electron chi connectivity index (χ0n) is 13.0. The average molecular weight is 378 g/mol. The second-order valence-electron chi connectivity index (χ2n) is 4.98. The van der Waals surface area contributed by atoms with Gasteiger partial charge in [-0.05, 0) is 52.2 Å². The van der Waals surface area contributed by atoms with Crippen molar-refractivity contribution in [2.75, 3.05) is 20.3 Å². The number of amides is 1. The molecule has 4 nitrogen and oxygen atoms in total. The fourth-order valence-corrected chi connectivity index (χ4v) is 2.68. The van der Waals surface area contributed by atoms with Crippen LogP contribution in [-0.4, -0.2) is 26.2 Å². The zero-order chi connectivity index (χ0) is 16.5. The summed E-state index contributed by atoms with van der Waals surface area (Å²) in [6.07, 6.45) is 1.14. The third kappa shape index (κ3) is 5.94. The van der Waals surface area contributed by atoms with Crippen LogP contribution in [0, 0.1) is 0 Å². The Morgan fingerprint density at radius 1 is 1.17 bits per heavy atom. The maximum atomic E-state index is 11.8. The van der Waals surface area contributed by atoms with Gasteiger partial charge in [-0.2, -0.15) is 0 Å². The van der Waals surface area contributed by atoms with Crippen molar-refractivity contribution >= 4 is 21.8 Å². The quantitative estimate of drug-likeness (QED) is 0.715. The molecule has 0 aliphatic rings. The number of methoxy groups -OCH3 is 1. The lowest BCUT2D eigenvalue weighted by Gasteiger charge is -2.08. The van der Waals surface area contributed by atoms with Gasteiger partial charge in [-0.1, -0.05) is 24.3 Å². The van der Waals surface area contributed by atoms with Crippen LogP contribution in [0.5, 0.6) is 11.5 Å². The van der Waals surface area contributed by atoms with Crippen molar-refractivity contribution in [2.45, 2.75) is 12.8 Å². The van der Waals surface area contributed by atoms with Gasteiger partial charge in [0.1, 0.15) is 18.1 Å². The van der Waals surface area contributed by atoms with Gasteiger partial charge in [0.2, 0.25) is 5.91 Å². The highest BCUT2D eigenvalue weighted by atomic mass is 79.9. The Morgan fingerprint density at radius 3 is 2.65 bits per heavy atom. The van der Waals surface area contributed by atoms with Crippen LogP contribution in [0.2, 0.25) is 0 Å². The third-order valence-electron chi connectivity index (χ3n) is 3.29. The van der Waals surface area contributed by atoms with Crippen molar-refractivity contribution in [1.29, 1.82) is 0 Å². The van der Waals surface area contributed by atoms with E-state index >= 15 is 0 Å². The van der Waals surface area contributed by atoms with Gasteiger partial charge in [-0.25, -0.2) is 0 Å². The number of aryl methyl sites for hydroxylation is 1. The third-order valence-corrected chi connectivity index (χ3v) is 3.91. The van der Waals surface area contributed by atoms with Crippen LogP contribution in [0.3, 0.4) is 0 Å². The minimum Gasteiger partial charge on any atom is -0.496 e. The molecule has 0 bridgehead atoms. The molecule has 0 unspecified atom stereocenters. The predicted molar refractivity (Wildman–Crippen MR) is 94.0 cm³/mol. The standard InChI is InChI=1S/C18H20BrNO3/c1-22-17-9-7-14(13-16(17)19)8-10-18(21)20-11-12-23-15-5-3-2-4-6-15/h2-7,9,13H,8,10-12H2,1H3,(H,20,21). The molecule has 2 rings (SSSR count). The highest BCUT2D eigenvalue weighted by Crippen LogP contribution is 2.25. The molecule has 0 aliphatic heterocycles. The number of halogens is 1. The van der Waals surface area contributed by atoms with E-state index in [1.54, 1.807) is 7.11 Å². The number of para-hydroxylation sites is 1. The van der Waals surface area contributed by atoms with E-state index in [0.717, 1.165) is 21.5 Å². The molecule has 2 aromatic carbocycles. The van der Waals surface area contributed by atoms with Gasteiger partial charge in [0.15, 0.2) is 0 Å². The number of carbonyl (C=O) groups is 1. The van der Waals surface area contributed by atoms with Crippen LogP contribution in [0.15, 0.2) is 53.0 Å². The molecule has 2 aromatic rings. The molecule has 5 heteroatoms. The van der Waals surface area contributed by atoms with Crippen LogP contribution >= 0.6 is 15.9 Å². The first-order chi connectivity index (χ1) is 11.2. The van der Waals surface area contributed by atoms with Crippen molar-refractivity contribution in [1.82, 2.24) is 5.32 Å². The summed E-state index contributed by atoms with van der Waals surface area (Å²) in [5.41, 5.74) is 1.09. The summed E-state index contributed by atoms with van der Waals surface area (Å²) < 4.78 is 11.6. The zero-order valence-corrected chi connectivity index (χ0v) is 14.6. The Hall–Kier alpha value is -2.01. The lowest BCUT2D eigenvalue weighted by molar-refractivity contribution is -0.121. The number of rotatable bonds is 8. The Bertz CT molecular complexity index is 631. The number of nitrogens with one attached hydrogen (secondary N) is 1. The van der Waals surface area contributed by atoms with Crippen LogP contribution in [-0.2, 0) is 11.2 Å². The SMILES string of the molecule is COc1ccc(CCC(=O)NCCOc2ccccc2)cc1Br. The number of hydrogen-bond acceptors (Lipinski definition) is 3. The van der Waals surface area contributed by atoms with Gasteiger partial charge < -0.3 is 14.8 Å². The summed E-state index contributed by atoms with van der Waals surface area (Å²) in [5.74, 6) is 1.62. The number of benzene rings is 2. The number of carbonyl (C=O) groups excluding carboxylic acids is 1. The fourth-order valence-electron chi connectivity index (χ4n) is 2.09. The molecule has 0 saturated carbocycles. The predicted octanol–water partition coefficient (Wildman–Crippen LogP) is 3.59. The van der Waals surface area contributed by atoms with E-state index in [2.05, 4.69) is 21.2 Å². The summed E-state index contributed by atoms with van der Waals surface area (Å²) in [7, 11) is 1.63. The average Bonchev–Trinajstić information content (AvgIpc) is 2.58.